The maximum absolute atomic E-state index is 12.2. The number of nitrogens with two attached hydrogens (primary N) is 1. The van der Waals surface area contributed by atoms with E-state index in [-0.39, 0.29) is 16.8 Å². The molecule has 2 amide bonds. The van der Waals surface area contributed by atoms with E-state index in [1.165, 1.54) is 11.3 Å². The largest absolute Gasteiger partial charge is 0.477 e. The highest BCUT2D eigenvalue weighted by Crippen LogP contribution is 2.22. The second-order valence-corrected chi connectivity index (χ2v) is 7.85. The summed E-state index contributed by atoms with van der Waals surface area (Å²) < 4.78 is 5.74. The molecule has 1 aromatic heterocycles. The zero-order chi connectivity index (χ0) is 20.1. The number of nitrogens with zero attached hydrogens (tertiary/aromatic N) is 1. The van der Waals surface area contributed by atoms with E-state index in [4.69, 9.17) is 15.6 Å². The summed E-state index contributed by atoms with van der Waals surface area (Å²) in [5.74, 6) is -1.31. The van der Waals surface area contributed by atoms with Crippen LogP contribution in [0.5, 0.6) is 0 Å². The molecule has 1 unspecified atom stereocenters. The molecule has 8 heteroatoms. The maximum atomic E-state index is 12.2. The number of carboxylic acid groups (broad SMARTS) is 1. The Balaban J connectivity index is 1.52. The summed E-state index contributed by atoms with van der Waals surface area (Å²) in [5.41, 5.74) is 6.73. The molecule has 1 aliphatic heterocycles. The van der Waals surface area contributed by atoms with Crippen molar-refractivity contribution in [3.05, 3.63) is 57.3 Å². The summed E-state index contributed by atoms with van der Waals surface area (Å²) >= 11 is 1.19. The van der Waals surface area contributed by atoms with Crippen molar-refractivity contribution in [2.75, 3.05) is 13.2 Å². The van der Waals surface area contributed by atoms with Gasteiger partial charge in [-0.15, -0.1) is 11.3 Å². The van der Waals surface area contributed by atoms with Gasteiger partial charge in [-0.25, -0.2) is 4.79 Å². The fourth-order valence-electron chi connectivity index (χ4n) is 3.27. The van der Waals surface area contributed by atoms with Crippen molar-refractivity contribution >= 4 is 29.1 Å². The number of carbonyl (C=O) groups is 3. The summed E-state index contributed by atoms with van der Waals surface area (Å²) in [6.45, 7) is 1.29. The van der Waals surface area contributed by atoms with Gasteiger partial charge < -0.3 is 20.5 Å². The lowest BCUT2D eigenvalue weighted by molar-refractivity contribution is -0.129. The fourth-order valence-corrected chi connectivity index (χ4v) is 4.05. The van der Waals surface area contributed by atoms with E-state index in [1.807, 2.05) is 11.0 Å². The predicted octanol–water partition coefficient (Wildman–Crippen LogP) is 2.30. The van der Waals surface area contributed by atoms with Crippen LogP contribution in [0.25, 0.3) is 0 Å². The van der Waals surface area contributed by atoms with Gasteiger partial charge in [-0.3, -0.25) is 9.59 Å². The van der Waals surface area contributed by atoms with E-state index >= 15 is 0 Å². The third-order valence-electron chi connectivity index (χ3n) is 4.73. The first-order chi connectivity index (χ1) is 13.4. The van der Waals surface area contributed by atoms with Gasteiger partial charge in [0.05, 0.1) is 19.3 Å². The number of carboxylic acids is 1. The van der Waals surface area contributed by atoms with E-state index in [0.29, 0.717) is 38.2 Å². The molecule has 2 aromatic rings. The molecule has 1 fully saturated rings. The normalized spacial score (nSPS) is 16.5. The van der Waals surface area contributed by atoms with E-state index < -0.39 is 11.9 Å². The highest BCUT2D eigenvalue weighted by molar-refractivity contribution is 7.13. The minimum absolute atomic E-state index is 0.00531. The Hall–Kier alpha value is -2.71. The van der Waals surface area contributed by atoms with Gasteiger partial charge in [-0.2, -0.15) is 0 Å². The van der Waals surface area contributed by atoms with Crippen molar-refractivity contribution < 1.29 is 24.2 Å². The second kappa shape index (κ2) is 8.99. The summed E-state index contributed by atoms with van der Waals surface area (Å²) in [4.78, 5) is 37.4. The Morgan fingerprint density at radius 2 is 2.11 bits per heavy atom. The number of ether oxygens (including phenoxy) is 1. The Kier molecular flexibility index (Phi) is 6.43. The molecule has 0 radical (unpaired) electrons. The van der Waals surface area contributed by atoms with Crippen LogP contribution >= 0.6 is 11.3 Å². The van der Waals surface area contributed by atoms with Gasteiger partial charge in [0.15, 0.2) is 0 Å². The van der Waals surface area contributed by atoms with Crippen LogP contribution in [0.3, 0.4) is 0 Å². The monoisotopic (exact) mass is 402 g/mol. The number of primary amides is 1. The lowest BCUT2D eigenvalue weighted by atomic mass is 10.1. The number of thiophene rings is 1. The molecule has 1 aromatic carbocycles. The SMILES string of the molecule is NC(=O)c1cccc(CCN2C(=O)CCC2COCc2ccc(C(=O)O)s2)c1. The topological polar surface area (TPSA) is 110 Å². The number of hydrogen-bond acceptors (Lipinski definition) is 5. The Morgan fingerprint density at radius 3 is 2.82 bits per heavy atom. The van der Waals surface area contributed by atoms with Gasteiger partial charge in [-0.05, 0) is 42.7 Å². The van der Waals surface area contributed by atoms with Crippen LogP contribution in [0.4, 0.5) is 0 Å². The Labute approximate surface area is 166 Å². The average molecular weight is 402 g/mol. The van der Waals surface area contributed by atoms with Gasteiger partial charge in [-0.1, -0.05) is 12.1 Å². The number of likely N-dealkylation sites (tertiary alicyclic amines) is 1. The lowest BCUT2D eigenvalue weighted by Crippen LogP contribution is -2.37. The van der Waals surface area contributed by atoms with Crippen molar-refractivity contribution in [3.63, 3.8) is 0 Å². The maximum Gasteiger partial charge on any atom is 0.345 e. The van der Waals surface area contributed by atoms with E-state index in [2.05, 4.69) is 0 Å². The van der Waals surface area contributed by atoms with Crippen LogP contribution in [-0.2, 0) is 22.6 Å². The first-order valence-corrected chi connectivity index (χ1v) is 9.83. The fraction of sp³-hybridized carbons (Fsp3) is 0.350. The number of amides is 2. The molecule has 0 saturated carbocycles. The van der Waals surface area contributed by atoms with Gasteiger partial charge in [0, 0.05) is 23.4 Å². The van der Waals surface area contributed by atoms with Crippen LogP contribution < -0.4 is 5.73 Å². The van der Waals surface area contributed by atoms with Crippen molar-refractivity contribution in [3.8, 4) is 0 Å². The van der Waals surface area contributed by atoms with Crippen LogP contribution in [0.1, 0.15) is 43.3 Å². The van der Waals surface area contributed by atoms with E-state index in [1.54, 1.807) is 30.3 Å². The zero-order valence-corrected chi connectivity index (χ0v) is 16.1. The number of carbonyl (C=O) groups excluding carboxylic acids is 2. The van der Waals surface area contributed by atoms with Gasteiger partial charge in [0.25, 0.3) is 0 Å². The minimum atomic E-state index is -0.941. The third kappa shape index (κ3) is 4.96. The molecule has 148 valence electrons. The number of rotatable bonds is 9. The molecular formula is C20H22N2O5S. The lowest BCUT2D eigenvalue weighted by Gasteiger charge is -2.24. The molecule has 7 nitrogen and oxygen atoms in total. The van der Waals surface area contributed by atoms with Crippen molar-refractivity contribution in [1.82, 2.24) is 4.90 Å². The second-order valence-electron chi connectivity index (χ2n) is 6.68. The molecule has 2 heterocycles. The molecule has 1 atom stereocenters. The number of hydrogen-bond donors (Lipinski definition) is 2. The number of aromatic carboxylic acids is 1. The number of benzene rings is 1. The van der Waals surface area contributed by atoms with Crippen LogP contribution in [-0.4, -0.2) is 47.0 Å². The quantitative estimate of drug-likeness (QED) is 0.669. The molecule has 0 spiro atoms. The first kappa shape index (κ1) is 20.0. The molecule has 1 aliphatic rings. The predicted molar refractivity (Wildman–Crippen MR) is 104 cm³/mol. The smallest absolute Gasteiger partial charge is 0.345 e. The first-order valence-electron chi connectivity index (χ1n) is 9.02. The average Bonchev–Trinajstić information content (AvgIpc) is 3.28. The summed E-state index contributed by atoms with van der Waals surface area (Å²) in [6, 6.07) is 10.4. The molecule has 28 heavy (non-hydrogen) atoms. The van der Waals surface area contributed by atoms with E-state index in [0.717, 1.165) is 16.9 Å². The van der Waals surface area contributed by atoms with Crippen molar-refractivity contribution in [2.24, 2.45) is 5.73 Å². The Bertz CT molecular complexity index is 879. The van der Waals surface area contributed by atoms with Gasteiger partial charge in [0.2, 0.25) is 11.8 Å². The van der Waals surface area contributed by atoms with Crippen LogP contribution in [0.15, 0.2) is 36.4 Å². The molecule has 3 N–H and O–H groups in total. The Morgan fingerprint density at radius 1 is 1.29 bits per heavy atom. The molecule has 0 aliphatic carbocycles. The third-order valence-corrected chi connectivity index (χ3v) is 5.78. The van der Waals surface area contributed by atoms with Crippen molar-refractivity contribution in [2.45, 2.75) is 31.9 Å². The highest BCUT2D eigenvalue weighted by atomic mass is 32.1. The summed E-state index contributed by atoms with van der Waals surface area (Å²) in [6.07, 6.45) is 1.87. The van der Waals surface area contributed by atoms with Crippen LogP contribution in [0.2, 0.25) is 0 Å². The standard InChI is InChI=1S/C20H22N2O5S/c21-19(24)14-3-1-2-13(10-14)8-9-22-15(4-7-18(22)23)11-27-12-16-5-6-17(28-16)20(25)26/h1-3,5-6,10,15H,4,7-9,11-12H2,(H2,21,24)(H,25,26). The highest BCUT2D eigenvalue weighted by Gasteiger charge is 2.30. The van der Waals surface area contributed by atoms with Crippen LogP contribution in [0, 0.1) is 0 Å². The molecule has 0 bridgehead atoms. The minimum Gasteiger partial charge on any atom is -0.477 e. The van der Waals surface area contributed by atoms with Crippen molar-refractivity contribution in [1.29, 1.82) is 0 Å². The molecule has 1 saturated heterocycles. The molecular weight excluding hydrogens is 380 g/mol. The summed E-state index contributed by atoms with van der Waals surface area (Å²) in [5, 5.41) is 8.96. The van der Waals surface area contributed by atoms with E-state index in [9.17, 15) is 14.4 Å². The van der Waals surface area contributed by atoms with Gasteiger partial charge in [0.1, 0.15) is 4.88 Å². The van der Waals surface area contributed by atoms with Gasteiger partial charge >= 0.3 is 5.97 Å². The molecule has 3 rings (SSSR count). The zero-order valence-electron chi connectivity index (χ0n) is 15.3. The summed E-state index contributed by atoms with van der Waals surface area (Å²) in [7, 11) is 0.